The lowest BCUT2D eigenvalue weighted by Gasteiger charge is -2.30. The first kappa shape index (κ1) is 31.4. The van der Waals surface area contributed by atoms with Crippen molar-refractivity contribution in [2.24, 2.45) is 5.92 Å². The number of carbonyl (C=O) groups excluding carboxylic acids is 4. The molecule has 3 heterocycles. The van der Waals surface area contributed by atoms with E-state index in [1.807, 2.05) is 0 Å². The lowest BCUT2D eigenvalue weighted by molar-refractivity contribution is -0.149. The number of rotatable bonds is 9. The summed E-state index contributed by atoms with van der Waals surface area (Å²) in [6, 6.07) is 5.55. The lowest BCUT2D eigenvalue weighted by atomic mass is 9.98. The van der Waals surface area contributed by atoms with Gasteiger partial charge in [0.2, 0.25) is 10.0 Å². The molecule has 2 aliphatic rings. The first-order valence-corrected chi connectivity index (χ1v) is 16.2. The van der Waals surface area contributed by atoms with Crippen LogP contribution in [0.4, 0.5) is 9.80 Å². The molecule has 0 radical (unpaired) electrons. The number of benzene rings is 1. The number of esters is 2. The summed E-state index contributed by atoms with van der Waals surface area (Å²) in [7, 11) is -3.82. The molecule has 0 saturated carbocycles. The van der Waals surface area contributed by atoms with Crippen LogP contribution in [0.2, 0.25) is 0 Å². The Bertz CT molecular complexity index is 1430. The highest BCUT2D eigenvalue weighted by atomic mass is 32.2. The van der Waals surface area contributed by atoms with Gasteiger partial charge in [-0.1, -0.05) is 0 Å². The number of nitrogens with one attached hydrogen (secondary N) is 1. The molecule has 2 amide bonds. The fourth-order valence-electron chi connectivity index (χ4n) is 4.98. The molecule has 0 unspecified atom stereocenters. The van der Waals surface area contributed by atoms with Gasteiger partial charge in [-0.2, -0.15) is 4.31 Å². The van der Waals surface area contributed by atoms with Crippen molar-refractivity contribution in [3.63, 3.8) is 0 Å². The van der Waals surface area contributed by atoms with Crippen LogP contribution in [0.25, 0.3) is 0 Å². The van der Waals surface area contributed by atoms with E-state index in [1.54, 1.807) is 25.7 Å². The molecular formula is C28H35N3O9S2. The largest absolute Gasteiger partial charge is 0.466 e. The Balaban J connectivity index is 1.48. The fourth-order valence-corrected chi connectivity index (χ4v) is 7.69. The summed E-state index contributed by atoms with van der Waals surface area (Å²) in [6.07, 6.45) is 0.712. The zero-order valence-electron chi connectivity index (χ0n) is 23.8. The van der Waals surface area contributed by atoms with E-state index in [0.717, 1.165) is 10.4 Å². The molecule has 228 valence electrons. The van der Waals surface area contributed by atoms with Gasteiger partial charge < -0.3 is 24.4 Å². The number of fused-ring (bicyclic) bond motifs is 1. The highest BCUT2D eigenvalue weighted by molar-refractivity contribution is 7.89. The third kappa shape index (κ3) is 6.76. The van der Waals surface area contributed by atoms with Gasteiger partial charge in [-0.25, -0.2) is 18.0 Å². The van der Waals surface area contributed by atoms with E-state index in [1.165, 1.54) is 39.9 Å². The lowest BCUT2D eigenvalue weighted by Crippen LogP contribution is -2.40. The van der Waals surface area contributed by atoms with Crippen LogP contribution < -0.4 is 5.32 Å². The van der Waals surface area contributed by atoms with E-state index < -0.39 is 28.0 Å². The third-order valence-corrected chi connectivity index (χ3v) is 10.2. The van der Waals surface area contributed by atoms with Gasteiger partial charge in [0.15, 0.2) is 0 Å². The monoisotopic (exact) mass is 621 g/mol. The molecule has 1 fully saturated rings. The normalized spacial score (nSPS) is 15.9. The molecule has 0 bridgehead atoms. The first-order valence-electron chi connectivity index (χ1n) is 13.9. The third-order valence-electron chi connectivity index (χ3n) is 7.12. The van der Waals surface area contributed by atoms with Crippen molar-refractivity contribution >= 4 is 50.3 Å². The summed E-state index contributed by atoms with van der Waals surface area (Å²) < 4.78 is 43.1. The minimum absolute atomic E-state index is 0.0338. The molecule has 0 atom stereocenters. The van der Waals surface area contributed by atoms with E-state index >= 15 is 0 Å². The second kappa shape index (κ2) is 13.7. The molecular weight excluding hydrogens is 586 g/mol. The standard InChI is InChI=1S/C28H35N3O9S2/c1-4-38-26(33)19-11-15-31(16-12-19)42(36,37)20-9-7-18(8-10-20)24(32)29-25-23(27(34)39-5-2)21-13-14-30(17-22(21)41-25)28(35)40-6-3/h7-10,19H,4-6,11-17H2,1-3H3,(H,29,32). The molecule has 2 aliphatic heterocycles. The van der Waals surface area contributed by atoms with E-state index in [4.69, 9.17) is 14.2 Å². The Labute approximate surface area is 249 Å². The van der Waals surface area contributed by atoms with Crippen molar-refractivity contribution in [1.29, 1.82) is 0 Å². The van der Waals surface area contributed by atoms with Crippen LogP contribution in [0.15, 0.2) is 29.2 Å². The minimum atomic E-state index is -3.82. The van der Waals surface area contributed by atoms with Crippen LogP contribution >= 0.6 is 11.3 Å². The number of sulfonamides is 1. The Morgan fingerprint density at radius 1 is 0.929 bits per heavy atom. The number of thiophene rings is 1. The number of amides is 2. The minimum Gasteiger partial charge on any atom is -0.466 e. The van der Waals surface area contributed by atoms with Gasteiger partial charge in [-0.3, -0.25) is 9.59 Å². The van der Waals surface area contributed by atoms with Crippen LogP contribution in [0.1, 0.15) is 64.8 Å². The van der Waals surface area contributed by atoms with E-state index in [-0.39, 0.29) is 67.4 Å². The number of piperidine rings is 1. The number of hydrogen-bond donors (Lipinski definition) is 1. The number of ether oxygens (including phenoxy) is 3. The summed E-state index contributed by atoms with van der Waals surface area (Å²) in [5.74, 6) is -1.72. The van der Waals surface area contributed by atoms with Gasteiger partial charge in [0.05, 0.1) is 42.7 Å². The van der Waals surface area contributed by atoms with Crippen molar-refractivity contribution in [3.8, 4) is 0 Å². The van der Waals surface area contributed by atoms with Crippen LogP contribution in [0.5, 0.6) is 0 Å². The average molecular weight is 622 g/mol. The zero-order chi connectivity index (χ0) is 30.4. The second-order valence-electron chi connectivity index (χ2n) is 9.71. The Morgan fingerprint density at radius 3 is 2.19 bits per heavy atom. The maximum atomic E-state index is 13.2. The summed E-state index contributed by atoms with van der Waals surface area (Å²) in [5.41, 5.74) is 1.19. The SMILES string of the molecule is CCOC(=O)c1c(NC(=O)c2ccc(S(=O)(=O)N3CCC(C(=O)OCC)CC3)cc2)sc2c1CCN(C(=O)OCC)C2. The Morgan fingerprint density at radius 2 is 1.57 bits per heavy atom. The molecule has 0 aliphatic carbocycles. The maximum absolute atomic E-state index is 13.2. The van der Waals surface area contributed by atoms with Crippen LogP contribution in [0.3, 0.4) is 0 Å². The highest BCUT2D eigenvalue weighted by Gasteiger charge is 2.34. The fraction of sp³-hybridized carbons (Fsp3) is 0.500. The molecule has 12 nitrogen and oxygen atoms in total. The topological polar surface area (TPSA) is 149 Å². The van der Waals surface area contributed by atoms with Gasteiger partial charge in [-0.15, -0.1) is 11.3 Å². The predicted octanol–water partition coefficient (Wildman–Crippen LogP) is 3.66. The number of nitrogens with zero attached hydrogens (tertiary/aromatic N) is 2. The van der Waals surface area contributed by atoms with E-state index in [0.29, 0.717) is 30.8 Å². The highest BCUT2D eigenvalue weighted by Crippen LogP contribution is 2.38. The molecule has 42 heavy (non-hydrogen) atoms. The van der Waals surface area contributed by atoms with Crippen LogP contribution in [-0.2, 0) is 42.0 Å². The molecule has 2 aromatic rings. The zero-order valence-corrected chi connectivity index (χ0v) is 25.5. The molecule has 1 aromatic heterocycles. The summed E-state index contributed by atoms with van der Waals surface area (Å²) in [4.78, 5) is 52.6. The second-order valence-corrected chi connectivity index (χ2v) is 12.8. The Hall–Kier alpha value is -3.49. The summed E-state index contributed by atoms with van der Waals surface area (Å²) >= 11 is 1.19. The van der Waals surface area contributed by atoms with Crippen molar-refractivity contribution in [2.75, 3.05) is 44.8 Å². The van der Waals surface area contributed by atoms with Gasteiger partial charge in [0.25, 0.3) is 5.91 Å². The van der Waals surface area contributed by atoms with Gasteiger partial charge >= 0.3 is 18.0 Å². The predicted molar refractivity (Wildman–Crippen MR) is 154 cm³/mol. The van der Waals surface area contributed by atoms with Gasteiger partial charge in [-0.05, 0) is 69.9 Å². The summed E-state index contributed by atoms with van der Waals surface area (Å²) in [6.45, 7) is 6.82. The molecule has 1 saturated heterocycles. The molecule has 4 rings (SSSR count). The maximum Gasteiger partial charge on any atom is 0.410 e. The number of hydrogen-bond acceptors (Lipinski definition) is 10. The average Bonchev–Trinajstić information content (AvgIpc) is 3.34. The quantitative estimate of drug-likeness (QED) is 0.327. The molecule has 14 heteroatoms. The van der Waals surface area contributed by atoms with Crippen molar-refractivity contribution in [2.45, 2.75) is 51.5 Å². The van der Waals surface area contributed by atoms with Crippen molar-refractivity contribution in [3.05, 3.63) is 45.8 Å². The van der Waals surface area contributed by atoms with Crippen molar-refractivity contribution in [1.82, 2.24) is 9.21 Å². The Kier molecular flexibility index (Phi) is 10.2. The molecule has 0 spiro atoms. The van der Waals surface area contributed by atoms with Gasteiger partial charge in [0, 0.05) is 30.1 Å². The number of carbonyl (C=O) groups is 4. The summed E-state index contributed by atoms with van der Waals surface area (Å²) in [5, 5.41) is 3.08. The van der Waals surface area contributed by atoms with Crippen LogP contribution in [0, 0.1) is 5.92 Å². The van der Waals surface area contributed by atoms with Crippen molar-refractivity contribution < 1.29 is 41.8 Å². The van der Waals surface area contributed by atoms with E-state index in [2.05, 4.69) is 5.32 Å². The van der Waals surface area contributed by atoms with Crippen LogP contribution in [-0.4, -0.2) is 81.0 Å². The first-order chi connectivity index (χ1) is 20.1. The smallest absolute Gasteiger partial charge is 0.410 e. The molecule has 1 N–H and O–H groups in total. The number of anilines is 1. The van der Waals surface area contributed by atoms with Gasteiger partial charge in [0.1, 0.15) is 5.00 Å². The molecule has 1 aromatic carbocycles. The van der Waals surface area contributed by atoms with E-state index in [9.17, 15) is 27.6 Å².